The molecule has 134 valence electrons. The summed E-state index contributed by atoms with van der Waals surface area (Å²) in [5.74, 6) is 0.845. The highest BCUT2D eigenvalue weighted by Gasteiger charge is 2.26. The van der Waals surface area contributed by atoms with Crippen LogP contribution in [-0.4, -0.2) is 40.1 Å². The van der Waals surface area contributed by atoms with Crippen molar-refractivity contribution in [2.24, 2.45) is 0 Å². The van der Waals surface area contributed by atoms with Crippen LogP contribution in [0.4, 0.5) is 0 Å². The second-order valence-corrected chi connectivity index (χ2v) is 6.66. The number of hydrogen-bond donors (Lipinski definition) is 1. The molecule has 2 aromatic rings. The number of hydrogen-bond acceptors (Lipinski definition) is 5. The molecule has 1 aliphatic rings. The Labute approximate surface area is 148 Å². The largest absolute Gasteiger partial charge is 0.361 e. The Morgan fingerprint density at radius 2 is 2.20 bits per heavy atom. The number of pyridine rings is 1. The van der Waals surface area contributed by atoms with E-state index in [4.69, 9.17) is 4.52 Å². The van der Waals surface area contributed by atoms with Crippen LogP contribution < -0.4 is 5.32 Å². The lowest BCUT2D eigenvalue weighted by molar-refractivity contribution is -0.133. The molecule has 3 rings (SSSR count). The standard InChI is InChI=1S/C19H26N4O2/c1-14-18(15(2)25-22-14)12-19(24)23(13-16-6-3-4-10-21-16)17-7-5-9-20-11-8-17/h3-4,6,10,17,20H,5,7-9,11-13H2,1-2H3/t17-/m0/s1. The Hall–Kier alpha value is -2.21. The highest BCUT2D eigenvalue weighted by molar-refractivity contribution is 5.79. The molecule has 0 unspecified atom stereocenters. The zero-order valence-electron chi connectivity index (χ0n) is 15.0. The summed E-state index contributed by atoms with van der Waals surface area (Å²) in [6.45, 7) is 6.26. The van der Waals surface area contributed by atoms with Gasteiger partial charge in [-0.05, 0) is 58.3 Å². The number of amides is 1. The van der Waals surface area contributed by atoms with Crippen molar-refractivity contribution < 1.29 is 9.32 Å². The third-order valence-electron chi connectivity index (χ3n) is 4.87. The predicted molar refractivity (Wildman–Crippen MR) is 95.0 cm³/mol. The molecule has 1 aliphatic heterocycles. The third kappa shape index (κ3) is 4.45. The van der Waals surface area contributed by atoms with Gasteiger partial charge in [0.25, 0.3) is 0 Å². The van der Waals surface area contributed by atoms with Crippen LogP contribution in [0.3, 0.4) is 0 Å². The van der Waals surface area contributed by atoms with Gasteiger partial charge < -0.3 is 14.7 Å². The Bertz CT molecular complexity index is 671. The SMILES string of the molecule is Cc1noc(C)c1CC(=O)N(Cc1ccccn1)[C@H]1CCCNCC1. The van der Waals surface area contributed by atoms with Gasteiger partial charge in [0.2, 0.25) is 5.91 Å². The minimum Gasteiger partial charge on any atom is -0.361 e. The van der Waals surface area contributed by atoms with E-state index >= 15 is 0 Å². The van der Waals surface area contributed by atoms with Crippen molar-refractivity contribution >= 4 is 5.91 Å². The highest BCUT2D eigenvalue weighted by atomic mass is 16.5. The van der Waals surface area contributed by atoms with E-state index in [1.165, 1.54) is 0 Å². The lowest BCUT2D eigenvalue weighted by Crippen LogP contribution is -2.41. The summed E-state index contributed by atoms with van der Waals surface area (Å²) in [5, 5.41) is 7.39. The van der Waals surface area contributed by atoms with Gasteiger partial charge in [-0.2, -0.15) is 0 Å². The molecule has 25 heavy (non-hydrogen) atoms. The van der Waals surface area contributed by atoms with Crippen LogP contribution in [0.25, 0.3) is 0 Å². The van der Waals surface area contributed by atoms with Gasteiger partial charge in [0.1, 0.15) is 5.76 Å². The Kier molecular flexibility index (Phi) is 5.81. The molecule has 0 saturated carbocycles. The fraction of sp³-hybridized carbons (Fsp3) is 0.526. The van der Waals surface area contributed by atoms with Crippen molar-refractivity contribution in [1.82, 2.24) is 20.4 Å². The summed E-state index contributed by atoms with van der Waals surface area (Å²) < 4.78 is 5.22. The summed E-state index contributed by atoms with van der Waals surface area (Å²) in [6, 6.07) is 6.08. The number of aryl methyl sites for hydroxylation is 2. The van der Waals surface area contributed by atoms with Gasteiger partial charge in [0, 0.05) is 17.8 Å². The van der Waals surface area contributed by atoms with E-state index in [0.29, 0.717) is 13.0 Å². The van der Waals surface area contributed by atoms with E-state index in [1.54, 1.807) is 6.20 Å². The minimum absolute atomic E-state index is 0.118. The van der Waals surface area contributed by atoms with Crippen LogP contribution in [0.2, 0.25) is 0 Å². The first-order valence-electron chi connectivity index (χ1n) is 8.97. The molecular formula is C19H26N4O2. The number of nitrogens with one attached hydrogen (secondary N) is 1. The normalized spacial score (nSPS) is 17.9. The monoisotopic (exact) mass is 342 g/mol. The van der Waals surface area contributed by atoms with Crippen molar-refractivity contribution in [2.45, 2.75) is 52.1 Å². The van der Waals surface area contributed by atoms with Gasteiger partial charge in [0.15, 0.2) is 0 Å². The van der Waals surface area contributed by atoms with Gasteiger partial charge in [-0.25, -0.2) is 0 Å². The number of nitrogens with zero attached hydrogens (tertiary/aromatic N) is 3. The van der Waals surface area contributed by atoms with Gasteiger partial charge >= 0.3 is 0 Å². The number of carbonyl (C=O) groups is 1. The first-order valence-corrected chi connectivity index (χ1v) is 8.97. The molecule has 0 radical (unpaired) electrons. The second-order valence-electron chi connectivity index (χ2n) is 6.66. The number of aromatic nitrogens is 2. The van der Waals surface area contributed by atoms with E-state index in [9.17, 15) is 4.79 Å². The number of rotatable bonds is 5. The Morgan fingerprint density at radius 1 is 1.32 bits per heavy atom. The van der Waals surface area contributed by atoms with Crippen molar-refractivity contribution in [3.63, 3.8) is 0 Å². The molecule has 0 aromatic carbocycles. The molecule has 6 heteroatoms. The van der Waals surface area contributed by atoms with Gasteiger partial charge in [-0.3, -0.25) is 9.78 Å². The van der Waals surface area contributed by atoms with Crippen LogP contribution in [-0.2, 0) is 17.8 Å². The molecule has 3 heterocycles. The quantitative estimate of drug-likeness (QED) is 0.903. The molecule has 1 N–H and O–H groups in total. The van der Waals surface area contributed by atoms with E-state index in [1.807, 2.05) is 36.9 Å². The van der Waals surface area contributed by atoms with E-state index in [-0.39, 0.29) is 11.9 Å². The maximum atomic E-state index is 13.1. The molecule has 6 nitrogen and oxygen atoms in total. The first-order chi connectivity index (χ1) is 12.1. The maximum Gasteiger partial charge on any atom is 0.227 e. The summed E-state index contributed by atoms with van der Waals surface area (Å²) in [6.07, 6.45) is 5.19. The van der Waals surface area contributed by atoms with Gasteiger partial charge in [0.05, 0.1) is 24.4 Å². The minimum atomic E-state index is 0.118. The summed E-state index contributed by atoms with van der Waals surface area (Å²) in [5.41, 5.74) is 2.63. The third-order valence-corrected chi connectivity index (χ3v) is 4.87. The summed E-state index contributed by atoms with van der Waals surface area (Å²) in [4.78, 5) is 19.6. The fourth-order valence-electron chi connectivity index (χ4n) is 3.41. The summed E-state index contributed by atoms with van der Waals surface area (Å²) >= 11 is 0. The van der Waals surface area contributed by atoms with Crippen LogP contribution in [0.15, 0.2) is 28.9 Å². The van der Waals surface area contributed by atoms with Gasteiger partial charge in [-0.1, -0.05) is 11.2 Å². The second kappa shape index (κ2) is 8.25. The lowest BCUT2D eigenvalue weighted by atomic mass is 10.0. The van der Waals surface area contributed by atoms with E-state index in [0.717, 1.165) is 55.1 Å². The van der Waals surface area contributed by atoms with Crippen LogP contribution >= 0.6 is 0 Å². The van der Waals surface area contributed by atoms with E-state index in [2.05, 4.69) is 15.5 Å². The molecule has 1 amide bonds. The molecule has 1 atom stereocenters. The van der Waals surface area contributed by atoms with Crippen LogP contribution in [0.5, 0.6) is 0 Å². The zero-order valence-corrected chi connectivity index (χ0v) is 15.0. The molecule has 0 aliphatic carbocycles. The van der Waals surface area contributed by atoms with Gasteiger partial charge in [-0.15, -0.1) is 0 Å². The number of carbonyl (C=O) groups excluding carboxylic acids is 1. The predicted octanol–water partition coefficient (Wildman–Crippen LogP) is 2.40. The van der Waals surface area contributed by atoms with Crippen molar-refractivity contribution in [1.29, 1.82) is 0 Å². The lowest BCUT2D eigenvalue weighted by Gasteiger charge is -2.31. The average Bonchev–Trinajstić information content (AvgIpc) is 2.84. The van der Waals surface area contributed by atoms with Crippen LogP contribution in [0.1, 0.15) is 42.0 Å². The molecule has 1 saturated heterocycles. The molecule has 1 fully saturated rings. The van der Waals surface area contributed by atoms with Crippen molar-refractivity contribution in [3.05, 3.63) is 47.1 Å². The smallest absolute Gasteiger partial charge is 0.227 e. The molecule has 0 bridgehead atoms. The maximum absolute atomic E-state index is 13.1. The fourth-order valence-corrected chi connectivity index (χ4v) is 3.41. The molecular weight excluding hydrogens is 316 g/mol. The van der Waals surface area contributed by atoms with Crippen LogP contribution in [0, 0.1) is 13.8 Å². The summed E-state index contributed by atoms with van der Waals surface area (Å²) in [7, 11) is 0. The van der Waals surface area contributed by atoms with Crippen molar-refractivity contribution in [3.8, 4) is 0 Å². The Morgan fingerprint density at radius 3 is 2.92 bits per heavy atom. The van der Waals surface area contributed by atoms with Crippen molar-refractivity contribution in [2.75, 3.05) is 13.1 Å². The first kappa shape index (κ1) is 17.6. The Balaban J connectivity index is 1.80. The highest BCUT2D eigenvalue weighted by Crippen LogP contribution is 2.20. The zero-order chi connectivity index (χ0) is 17.6. The molecule has 0 spiro atoms. The average molecular weight is 342 g/mol. The van der Waals surface area contributed by atoms with E-state index < -0.39 is 0 Å². The molecule has 2 aromatic heterocycles. The topological polar surface area (TPSA) is 71.3 Å².